The monoisotopic (exact) mass is 320 g/mol. The van der Waals surface area contributed by atoms with Gasteiger partial charge in [0.25, 0.3) is 0 Å². The fraction of sp³-hybridized carbons (Fsp3) is 1.00. The molecule has 0 N–H and O–H groups in total. The molecule has 0 bridgehead atoms. The van der Waals surface area contributed by atoms with Crippen molar-refractivity contribution in [1.82, 2.24) is 0 Å². The summed E-state index contributed by atoms with van der Waals surface area (Å²) < 4.78 is 119. The average molecular weight is 320 g/mol. The normalized spacial score (nSPS) is 18.0. The van der Waals surface area contributed by atoms with E-state index in [-0.39, 0.29) is 51.4 Å². The molecular weight excluding hydrogens is 317 g/mol. The second kappa shape index (κ2) is 5.35. The minimum atomic E-state index is -7.09. The quantitative estimate of drug-likeness (QED) is 0.497. The van der Waals surface area contributed by atoms with E-state index in [0.717, 1.165) is 0 Å². The van der Waals surface area contributed by atoms with Crippen LogP contribution in [-0.4, -0.2) is 29.8 Å². The van der Waals surface area contributed by atoms with Crippen molar-refractivity contribution in [3.8, 4) is 0 Å². The van der Waals surface area contributed by atoms with Crippen LogP contribution in [0, 0.1) is 0 Å². The Bertz CT molecular complexity index is 262. The number of halogens is 10. The van der Waals surface area contributed by atoms with Crippen LogP contribution < -0.4 is 56.5 Å². The Kier molecular flexibility index (Phi) is 6.30. The van der Waals surface area contributed by atoms with Crippen LogP contribution >= 0.6 is 0 Å². The van der Waals surface area contributed by atoms with Crippen molar-refractivity contribution in [3.05, 3.63) is 0 Å². The van der Waals surface area contributed by atoms with Crippen molar-refractivity contribution in [2.75, 3.05) is 0 Å². The van der Waals surface area contributed by atoms with Gasteiger partial charge in [-0.3, -0.25) is 0 Å². The van der Waals surface area contributed by atoms with Gasteiger partial charge >= 0.3 is 75.6 Å². The zero-order chi connectivity index (χ0) is 14.5. The summed E-state index contributed by atoms with van der Waals surface area (Å²) in [7, 11) is 0. The molecule has 12 heteroatoms. The van der Waals surface area contributed by atoms with Crippen LogP contribution in [0.4, 0.5) is 43.9 Å². The number of hydrogen-bond acceptors (Lipinski definition) is 1. The Labute approximate surface area is 136 Å². The zero-order valence-electron chi connectivity index (χ0n) is 8.69. The van der Waals surface area contributed by atoms with Crippen LogP contribution in [0.5, 0.6) is 0 Å². The molecule has 1 nitrogen and oxygen atoms in total. The zero-order valence-corrected chi connectivity index (χ0v) is 11.8. The first-order chi connectivity index (χ1) is 7.00. The molecule has 0 spiro atoms. The first-order valence-corrected chi connectivity index (χ1v) is 3.59. The molecule has 0 rings (SSSR count). The molecular formula is C6H3F10KO. The van der Waals surface area contributed by atoms with Crippen LogP contribution in [0.1, 0.15) is 6.92 Å². The predicted molar refractivity (Wildman–Crippen MR) is 30.4 cm³/mol. The van der Waals surface area contributed by atoms with Gasteiger partial charge in [-0.05, 0) is 0 Å². The maximum atomic E-state index is 12.5. The van der Waals surface area contributed by atoms with Crippen LogP contribution in [-0.2, 0) is 0 Å². The summed E-state index contributed by atoms with van der Waals surface area (Å²) in [5, 5.41) is 10.4. The van der Waals surface area contributed by atoms with E-state index in [1.165, 1.54) is 0 Å². The number of alkyl halides is 10. The molecule has 0 saturated heterocycles. The van der Waals surface area contributed by atoms with Crippen molar-refractivity contribution < 1.29 is 100 Å². The molecule has 0 aliphatic rings. The Morgan fingerprint density at radius 1 is 0.611 bits per heavy atom. The van der Waals surface area contributed by atoms with Gasteiger partial charge in [0.1, 0.15) is 0 Å². The summed E-state index contributed by atoms with van der Waals surface area (Å²) in [6.45, 7) is -0.980. The molecule has 0 saturated carbocycles. The van der Waals surface area contributed by atoms with E-state index in [0.29, 0.717) is 0 Å². The van der Waals surface area contributed by atoms with Gasteiger partial charge in [-0.1, -0.05) is 6.92 Å². The first kappa shape index (κ1) is 21.2. The third kappa shape index (κ3) is 3.14. The van der Waals surface area contributed by atoms with Crippen molar-refractivity contribution in [2.24, 2.45) is 0 Å². The summed E-state index contributed by atoms with van der Waals surface area (Å²) in [5.41, 5.74) is -5.78. The Morgan fingerprint density at radius 3 is 1.06 bits per heavy atom. The van der Waals surface area contributed by atoms with Gasteiger partial charge in [-0.2, -0.15) is 35.1 Å². The molecule has 18 heavy (non-hydrogen) atoms. The molecule has 104 valence electrons. The molecule has 0 fully saturated rings. The Morgan fingerprint density at radius 2 is 0.889 bits per heavy atom. The van der Waals surface area contributed by atoms with Crippen molar-refractivity contribution in [2.45, 2.75) is 36.7 Å². The third-order valence-electron chi connectivity index (χ3n) is 1.89. The first-order valence-electron chi connectivity index (χ1n) is 3.59. The van der Waals surface area contributed by atoms with Crippen LogP contribution in [0.3, 0.4) is 0 Å². The van der Waals surface area contributed by atoms with Crippen molar-refractivity contribution in [1.29, 1.82) is 0 Å². The minimum Gasteiger partial charge on any atom is -0.839 e. The molecule has 0 aromatic rings. The summed E-state index contributed by atoms with van der Waals surface area (Å²) >= 11 is 0. The fourth-order valence-electron chi connectivity index (χ4n) is 0.656. The standard InChI is InChI=1S/C6H3F10O.K/c1-2(17,5(11,12)13)3(7,8)4(9,10)6(14,15)16;/h1H3;/q-1;+1. The third-order valence-corrected chi connectivity index (χ3v) is 1.89. The van der Waals surface area contributed by atoms with Crippen LogP contribution in [0.25, 0.3) is 0 Å². The molecule has 0 amide bonds. The summed E-state index contributed by atoms with van der Waals surface area (Å²) in [6, 6.07) is 0. The maximum absolute atomic E-state index is 12.5. The SMILES string of the molecule is CC([O-])(C(F)(F)F)C(F)(F)C(F)(F)C(F)(F)F.[K+]. The van der Waals surface area contributed by atoms with Crippen molar-refractivity contribution in [3.63, 3.8) is 0 Å². The molecule has 0 aromatic carbocycles. The summed E-state index contributed by atoms with van der Waals surface area (Å²) in [4.78, 5) is 0. The fourth-order valence-corrected chi connectivity index (χ4v) is 0.656. The van der Waals surface area contributed by atoms with E-state index < -0.39 is 36.7 Å². The topological polar surface area (TPSA) is 23.1 Å². The Hall–Kier alpha value is 0.896. The van der Waals surface area contributed by atoms with Gasteiger partial charge < -0.3 is 5.11 Å². The van der Waals surface area contributed by atoms with Gasteiger partial charge in [0.2, 0.25) is 0 Å². The summed E-state index contributed by atoms with van der Waals surface area (Å²) in [5.74, 6) is -14.0. The van der Waals surface area contributed by atoms with Gasteiger partial charge in [0.15, 0.2) is 0 Å². The van der Waals surface area contributed by atoms with E-state index in [1.54, 1.807) is 0 Å². The Balaban J connectivity index is 0. The second-order valence-electron chi connectivity index (χ2n) is 3.18. The molecule has 1 unspecified atom stereocenters. The minimum absolute atomic E-state index is 0. The van der Waals surface area contributed by atoms with Crippen LogP contribution in [0.2, 0.25) is 0 Å². The second-order valence-corrected chi connectivity index (χ2v) is 3.18. The van der Waals surface area contributed by atoms with E-state index >= 15 is 0 Å². The van der Waals surface area contributed by atoms with Gasteiger partial charge in [-0.25, -0.2) is 8.78 Å². The molecule has 0 aliphatic heterocycles. The molecule has 0 aliphatic carbocycles. The maximum Gasteiger partial charge on any atom is 1.00 e. The van der Waals surface area contributed by atoms with Gasteiger partial charge in [0.05, 0.1) is 5.60 Å². The van der Waals surface area contributed by atoms with Crippen molar-refractivity contribution >= 4 is 0 Å². The smallest absolute Gasteiger partial charge is 0.839 e. The van der Waals surface area contributed by atoms with Gasteiger partial charge in [0, 0.05) is 0 Å². The van der Waals surface area contributed by atoms with Crippen LogP contribution in [0.15, 0.2) is 0 Å². The number of rotatable bonds is 2. The molecule has 0 radical (unpaired) electrons. The van der Waals surface area contributed by atoms with Gasteiger partial charge in [-0.15, -0.1) is 0 Å². The molecule has 1 atom stereocenters. The number of hydrogen-bond donors (Lipinski definition) is 0. The van der Waals surface area contributed by atoms with E-state index in [2.05, 4.69) is 0 Å². The average Bonchev–Trinajstić information content (AvgIpc) is 1.98. The molecule has 0 aromatic heterocycles. The van der Waals surface area contributed by atoms with E-state index in [9.17, 15) is 49.0 Å². The van der Waals surface area contributed by atoms with E-state index in [4.69, 9.17) is 0 Å². The largest absolute Gasteiger partial charge is 1.00 e. The molecule has 0 heterocycles. The van der Waals surface area contributed by atoms with E-state index in [1.807, 2.05) is 0 Å². The summed E-state index contributed by atoms with van der Waals surface area (Å²) in [6.07, 6.45) is -13.5. The predicted octanol–water partition coefficient (Wildman–Crippen LogP) is -0.495.